The molecule has 0 spiro atoms. The van der Waals surface area contributed by atoms with Crippen molar-refractivity contribution in [1.29, 1.82) is 0 Å². The van der Waals surface area contributed by atoms with Crippen LogP contribution in [0.1, 0.15) is 65.7 Å². The lowest BCUT2D eigenvalue weighted by Crippen LogP contribution is -2.66. The van der Waals surface area contributed by atoms with Crippen LogP contribution in [-0.4, -0.2) is 20.7 Å². The van der Waals surface area contributed by atoms with E-state index in [1.54, 1.807) is 0 Å². The number of hydrogen-bond donors (Lipinski definition) is 0. The largest absolute Gasteiger partial charge is 0.396 e. The summed E-state index contributed by atoms with van der Waals surface area (Å²) in [5.74, 6) is 7.97. The SMILES string of the molecule is CC(C)(C)[Si](OCC#C[C@H]1CC[C@@H]1C(=O)C1CCCCC1)(c1ccccc1)c1ccccc1. The molecule has 0 N–H and O–H groups in total. The molecule has 174 valence electrons. The summed E-state index contributed by atoms with van der Waals surface area (Å²) in [5, 5.41) is 2.51. The second-order valence-corrected chi connectivity index (χ2v) is 15.1. The summed E-state index contributed by atoms with van der Waals surface area (Å²) in [6, 6.07) is 21.4. The fraction of sp³-hybridized carbons (Fsp3) is 0.500. The van der Waals surface area contributed by atoms with Gasteiger partial charge in [0.1, 0.15) is 5.78 Å². The van der Waals surface area contributed by atoms with Crippen LogP contribution >= 0.6 is 0 Å². The molecule has 4 rings (SSSR count). The molecule has 0 radical (unpaired) electrons. The minimum atomic E-state index is -2.55. The van der Waals surface area contributed by atoms with Gasteiger partial charge in [-0.3, -0.25) is 4.79 Å². The van der Waals surface area contributed by atoms with Gasteiger partial charge in [-0.25, -0.2) is 0 Å². The van der Waals surface area contributed by atoms with Crippen molar-refractivity contribution < 1.29 is 9.22 Å². The molecule has 2 aliphatic carbocycles. The van der Waals surface area contributed by atoms with Gasteiger partial charge < -0.3 is 4.43 Å². The highest BCUT2D eigenvalue weighted by atomic mass is 28.4. The lowest BCUT2D eigenvalue weighted by atomic mass is 9.67. The summed E-state index contributed by atoms with van der Waals surface area (Å²) in [6.45, 7) is 7.28. The molecule has 2 fully saturated rings. The van der Waals surface area contributed by atoms with Crippen molar-refractivity contribution >= 4 is 24.5 Å². The molecule has 2 nitrogen and oxygen atoms in total. The second-order valence-electron chi connectivity index (χ2n) is 10.8. The molecule has 2 aliphatic rings. The van der Waals surface area contributed by atoms with Gasteiger partial charge >= 0.3 is 0 Å². The summed E-state index contributed by atoms with van der Waals surface area (Å²) >= 11 is 0. The van der Waals surface area contributed by atoms with Crippen molar-refractivity contribution in [2.75, 3.05) is 6.61 Å². The van der Waals surface area contributed by atoms with E-state index in [1.807, 2.05) is 0 Å². The van der Waals surface area contributed by atoms with Crippen molar-refractivity contribution in [3.63, 3.8) is 0 Å². The maximum atomic E-state index is 13.0. The van der Waals surface area contributed by atoms with E-state index in [0.29, 0.717) is 18.3 Å². The number of carbonyl (C=O) groups excluding carboxylic acids is 1. The minimum absolute atomic E-state index is 0.0483. The lowest BCUT2D eigenvalue weighted by Gasteiger charge is -2.42. The zero-order chi connectivity index (χ0) is 23.3. The van der Waals surface area contributed by atoms with Crippen molar-refractivity contribution in [2.24, 2.45) is 17.8 Å². The molecule has 3 heteroatoms. The van der Waals surface area contributed by atoms with E-state index in [2.05, 4.69) is 93.3 Å². The molecular weight excluding hydrogens is 420 g/mol. The van der Waals surface area contributed by atoms with Gasteiger partial charge in [-0.05, 0) is 41.1 Å². The molecule has 0 saturated heterocycles. The van der Waals surface area contributed by atoms with Gasteiger partial charge in [-0.1, -0.05) is 113 Å². The number of Topliss-reactive ketones (excluding diaryl/α,β-unsaturated/α-hetero) is 1. The number of ketones is 1. The summed E-state index contributed by atoms with van der Waals surface area (Å²) in [4.78, 5) is 13.0. The molecule has 0 amide bonds. The maximum Gasteiger partial charge on any atom is 0.262 e. The highest BCUT2D eigenvalue weighted by Gasteiger charge is 2.50. The van der Waals surface area contributed by atoms with Crippen LogP contribution in [0.3, 0.4) is 0 Å². The third-order valence-corrected chi connectivity index (χ3v) is 12.7. The topological polar surface area (TPSA) is 26.3 Å². The third kappa shape index (κ3) is 5.03. The summed E-state index contributed by atoms with van der Waals surface area (Å²) in [5.41, 5.74) is 0. The van der Waals surface area contributed by atoms with Gasteiger partial charge in [0.25, 0.3) is 8.32 Å². The fourth-order valence-corrected chi connectivity index (χ4v) is 10.2. The van der Waals surface area contributed by atoms with Gasteiger partial charge in [-0.15, -0.1) is 0 Å². The van der Waals surface area contributed by atoms with Crippen LogP contribution in [0.2, 0.25) is 5.04 Å². The van der Waals surface area contributed by atoms with Gasteiger partial charge in [0.15, 0.2) is 0 Å². The maximum absolute atomic E-state index is 13.0. The predicted molar refractivity (Wildman–Crippen MR) is 139 cm³/mol. The molecule has 2 aromatic carbocycles. The van der Waals surface area contributed by atoms with Crippen LogP contribution in [0, 0.1) is 29.6 Å². The van der Waals surface area contributed by atoms with E-state index in [-0.39, 0.29) is 16.9 Å². The van der Waals surface area contributed by atoms with Crippen LogP contribution in [0.25, 0.3) is 0 Å². The fourth-order valence-electron chi connectivity index (χ4n) is 5.78. The molecular formula is C30H38O2Si. The zero-order valence-electron chi connectivity index (χ0n) is 20.5. The molecule has 33 heavy (non-hydrogen) atoms. The average molecular weight is 459 g/mol. The highest BCUT2D eigenvalue weighted by Crippen LogP contribution is 2.39. The lowest BCUT2D eigenvalue weighted by molar-refractivity contribution is -0.131. The number of rotatable bonds is 6. The first-order valence-electron chi connectivity index (χ1n) is 12.7. The second kappa shape index (κ2) is 10.4. The van der Waals surface area contributed by atoms with E-state index >= 15 is 0 Å². The predicted octanol–water partition coefficient (Wildman–Crippen LogP) is 5.74. The summed E-state index contributed by atoms with van der Waals surface area (Å²) < 4.78 is 6.88. The Morgan fingerprint density at radius 3 is 1.94 bits per heavy atom. The Morgan fingerprint density at radius 1 is 0.879 bits per heavy atom. The van der Waals surface area contributed by atoms with Crippen LogP contribution in [0.4, 0.5) is 0 Å². The van der Waals surface area contributed by atoms with Gasteiger partial charge in [0.05, 0.1) is 6.61 Å². The van der Waals surface area contributed by atoms with Crippen molar-refractivity contribution in [3.05, 3.63) is 60.7 Å². The van der Waals surface area contributed by atoms with E-state index < -0.39 is 8.32 Å². The first-order chi connectivity index (χ1) is 15.9. The van der Waals surface area contributed by atoms with Gasteiger partial charge in [0.2, 0.25) is 0 Å². The van der Waals surface area contributed by atoms with Crippen LogP contribution in [0.15, 0.2) is 60.7 Å². The van der Waals surface area contributed by atoms with Crippen molar-refractivity contribution in [3.8, 4) is 11.8 Å². The molecule has 2 atom stereocenters. The highest BCUT2D eigenvalue weighted by molar-refractivity contribution is 6.99. The third-order valence-electron chi connectivity index (χ3n) is 7.71. The van der Waals surface area contributed by atoms with E-state index in [0.717, 1.165) is 25.7 Å². The standard InChI is InChI=1S/C30H38O2Si/c1-30(2,3)33(26-17-9-5-10-18-26,27-19-11-6-12-20-27)32-23-13-16-24-21-22-28(24)29(31)25-14-7-4-8-15-25/h5-6,9-12,17-20,24-25,28H,4,7-8,14-15,21-23H2,1-3H3/t24-,28-/m0/s1. The van der Waals surface area contributed by atoms with Gasteiger partial charge in [-0.2, -0.15) is 0 Å². The Balaban J connectivity index is 1.52. The van der Waals surface area contributed by atoms with Gasteiger partial charge in [0, 0.05) is 17.8 Å². The smallest absolute Gasteiger partial charge is 0.262 e. The van der Waals surface area contributed by atoms with E-state index in [1.165, 1.54) is 29.6 Å². The Morgan fingerprint density at radius 2 is 1.45 bits per heavy atom. The van der Waals surface area contributed by atoms with Crippen molar-refractivity contribution in [1.82, 2.24) is 0 Å². The summed E-state index contributed by atoms with van der Waals surface area (Å²) in [6.07, 6.45) is 7.97. The minimum Gasteiger partial charge on any atom is -0.396 e. The molecule has 0 heterocycles. The van der Waals surface area contributed by atoms with E-state index in [9.17, 15) is 4.79 Å². The Labute approximate surface area is 201 Å². The Kier molecular flexibility index (Phi) is 7.57. The zero-order valence-corrected chi connectivity index (χ0v) is 21.5. The normalized spacial score (nSPS) is 21.5. The number of carbonyl (C=O) groups is 1. The number of benzene rings is 2. The molecule has 0 aliphatic heterocycles. The molecule has 2 aromatic rings. The average Bonchev–Trinajstić information content (AvgIpc) is 2.81. The monoisotopic (exact) mass is 458 g/mol. The van der Waals surface area contributed by atoms with Crippen molar-refractivity contribution in [2.45, 2.75) is 70.8 Å². The van der Waals surface area contributed by atoms with Crippen LogP contribution in [0.5, 0.6) is 0 Å². The Hall–Kier alpha value is -2.15. The molecule has 0 unspecified atom stereocenters. The first kappa shape index (κ1) is 24.0. The Bertz CT molecular complexity index is 935. The summed E-state index contributed by atoms with van der Waals surface area (Å²) in [7, 11) is -2.55. The molecule has 0 bridgehead atoms. The quantitative estimate of drug-likeness (QED) is 0.407. The van der Waals surface area contributed by atoms with Crippen LogP contribution < -0.4 is 10.4 Å². The van der Waals surface area contributed by atoms with Crippen LogP contribution in [-0.2, 0) is 9.22 Å². The number of hydrogen-bond acceptors (Lipinski definition) is 2. The first-order valence-corrected chi connectivity index (χ1v) is 14.6. The molecule has 0 aromatic heterocycles. The molecule has 2 saturated carbocycles. The van der Waals surface area contributed by atoms with E-state index in [4.69, 9.17) is 4.43 Å².